The monoisotopic (exact) mass is 219 g/mol. The van der Waals surface area contributed by atoms with E-state index in [4.69, 9.17) is 4.99 Å². The Balaban J connectivity index is 2.58. The van der Waals surface area contributed by atoms with Crippen molar-refractivity contribution in [2.24, 2.45) is 4.99 Å². The molecular formula is C13H17NS. The summed E-state index contributed by atoms with van der Waals surface area (Å²) in [5.41, 5.74) is 1.44. The highest BCUT2D eigenvalue weighted by Crippen LogP contribution is 2.43. The zero-order valence-electron chi connectivity index (χ0n) is 9.58. The van der Waals surface area contributed by atoms with Gasteiger partial charge < -0.3 is 0 Å². The number of benzene rings is 1. The molecule has 1 heterocycles. The zero-order chi connectivity index (χ0) is 10.9. The number of hydrogen-bond acceptors (Lipinski definition) is 2. The fraction of sp³-hybridized carbons (Fsp3) is 0.462. The lowest BCUT2D eigenvalue weighted by molar-refractivity contribution is 0.408. The minimum Gasteiger partial charge on any atom is -0.271 e. The van der Waals surface area contributed by atoms with E-state index < -0.39 is 0 Å². The van der Waals surface area contributed by atoms with E-state index in [-0.39, 0.29) is 5.54 Å². The SMILES string of the molecule is CCC1(CC)N=C(C)Sc2ccccc21. The quantitative estimate of drug-likeness (QED) is 0.725. The van der Waals surface area contributed by atoms with Crippen LogP contribution in [0.25, 0.3) is 0 Å². The molecule has 0 saturated heterocycles. The minimum atomic E-state index is 0.0337. The number of nitrogens with zero attached hydrogens (tertiary/aromatic N) is 1. The number of fused-ring (bicyclic) bond motifs is 1. The molecule has 80 valence electrons. The number of aliphatic imine (C=N–C) groups is 1. The van der Waals surface area contributed by atoms with Crippen molar-refractivity contribution in [2.45, 2.75) is 44.0 Å². The highest BCUT2D eigenvalue weighted by molar-refractivity contribution is 8.14. The Morgan fingerprint density at radius 2 is 1.87 bits per heavy atom. The molecule has 0 amide bonds. The van der Waals surface area contributed by atoms with Gasteiger partial charge in [-0.2, -0.15) is 0 Å². The normalized spacial score (nSPS) is 18.2. The van der Waals surface area contributed by atoms with E-state index >= 15 is 0 Å². The maximum absolute atomic E-state index is 4.87. The van der Waals surface area contributed by atoms with Gasteiger partial charge in [0.05, 0.1) is 10.6 Å². The molecule has 0 saturated carbocycles. The van der Waals surface area contributed by atoms with Gasteiger partial charge >= 0.3 is 0 Å². The highest BCUT2D eigenvalue weighted by atomic mass is 32.2. The molecule has 0 unspecified atom stereocenters. The van der Waals surface area contributed by atoms with Gasteiger partial charge in [-0.05, 0) is 31.4 Å². The van der Waals surface area contributed by atoms with Crippen LogP contribution in [-0.2, 0) is 5.54 Å². The van der Waals surface area contributed by atoms with E-state index in [2.05, 4.69) is 45.0 Å². The van der Waals surface area contributed by atoms with Gasteiger partial charge in [-0.3, -0.25) is 4.99 Å². The van der Waals surface area contributed by atoms with E-state index in [1.165, 1.54) is 15.5 Å². The van der Waals surface area contributed by atoms with Crippen molar-refractivity contribution in [3.8, 4) is 0 Å². The fourth-order valence-electron chi connectivity index (χ4n) is 2.27. The summed E-state index contributed by atoms with van der Waals surface area (Å²) in [5.74, 6) is 0. The molecule has 0 N–H and O–H groups in total. The molecule has 0 spiro atoms. The molecule has 0 aliphatic carbocycles. The number of rotatable bonds is 2. The van der Waals surface area contributed by atoms with Crippen LogP contribution in [0.1, 0.15) is 39.2 Å². The molecule has 1 aliphatic heterocycles. The molecule has 1 aliphatic rings. The lowest BCUT2D eigenvalue weighted by atomic mass is 9.85. The molecule has 0 fully saturated rings. The second-order valence-corrected chi connectivity index (χ2v) is 5.20. The summed E-state index contributed by atoms with van der Waals surface area (Å²) in [6, 6.07) is 8.67. The van der Waals surface area contributed by atoms with Crippen LogP contribution >= 0.6 is 11.8 Å². The molecular weight excluding hydrogens is 202 g/mol. The van der Waals surface area contributed by atoms with Gasteiger partial charge in [-0.25, -0.2) is 0 Å². The predicted molar refractivity (Wildman–Crippen MR) is 67.7 cm³/mol. The summed E-state index contributed by atoms with van der Waals surface area (Å²) in [5, 5.41) is 1.19. The predicted octanol–water partition coefficient (Wildman–Crippen LogP) is 4.23. The zero-order valence-corrected chi connectivity index (χ0v) is 10.4. The Hall–Kier alpha value is -0.760. The molecule has 0 aromatic heterocycles. The maximum Gasteiger partial charge on any atom is 0.0871 e. The molecule has 0 bridgehead atoms. The molecule has 0 radical (unpaired) electrons. The molecule has 2 rings (SSSR count). The minimum absolute atomic E-state index is 0.0337. The summed E-state index contributed by atoms with van der Waals surface area (Å²) >= 11 is 1.79. The van der Waals surface area contributed by atoms with Crippen LogP contribution in [0.4, 0.5) is 0 Å². The molecule has 1 nitrogen and oxygen atoms in total. The van der Waals surface area contributed by atoms with Gasteiger partial charge in [0.1, 0.15) is 0 Å². The summed E-state index contributed by atoms with van der Waals surface area (Å²) in [4.78, 5) is 6.25. The molecule has 1 aromatic carbocycles. The smallest absolute Gasteiger partial charge is 0.0871 e. The number of thioether (sulfide) groups is 1. The highest BCUT2D eigenvalue weighted by Gasteiger charge is 2.33. The lowest BCUT2D eigenvalue weighted by Gasteiger charge is -2.33. The third-order valence-corrected chi connectivity index (χ3v) is 4.15. The fourth-order valence-corrected chi connectivity index (χ4v) is 3.33. The number of hydrogen-bond donors (Lipinski definition) is 0. The van der Waals surface area contributed by atoms with E-state index in [1.54, 1.807) is 11.8 Å². The van der Waals surface area contributed by atoms with E-state index in [1.807, 2.05) is 0 Å². The van der Waals surface area contributed by atoms with Crippen molar-refractivity contribution in [1.82, 2.24) is 0 Å². The second kappa shape index (κ2) is 4.01. The van der Waals surface area contributed by atoms with Crippen LogP contribution in [0.5, 0.6) is 0 Å². The average Bonchev–Trinajstić information content (AvgIpc) is 2.27. The third-order valence-electron chi connectivity index (χ3n) is 3.19. The van der Waals surface area contributed by atoms with Crippen LogP contribution in [-0.4, -0.2) is 5.04 Å². The van der Waals surface area contributed by atoms with Crippen LogP contribution in [0, 0.1) is 0 Å². The summed E-state index contributed by atoms with van der Waals surface area (Å²) in [7, 11) is 0. The van der Waals surface area contributed by atoms with Crippen LogP contribution in [0.3, 0.4) is 0 Å². The van der Waals surface area contributed by atoms with Crippen molar-refractivity contribution < 1.29 is 0 Å². The van der Waals surface area contributed by atoms with Crippen molar-refractivity contribution in [1.29, 1.82) is 0 Å². The second-order valence-electron chi connectivity index (χ2n) is 3.97. The largest absolute Gasteiger partial charge is 0.271 e. The van der Waals surface area contributed by atoms with Crippen LogP contribution in [0.15, 0.2) is 34.2 Å². The van der Waals surface area contributed by atoms with Crippen molar-refractivity contribution in [3.05, 3.63) is 29.8 Å². The van der Waals surface area contributed by atoms with Gasteiger partial charge in [0, 0.05) is 4.90 Å². The average molecular weight is 219 g/mol. The maximum atomic E-state index is 4.87. The molecule has 0 atom stereocenters. The summed E-state index contributed by atoms with van der Waals surface area (Å²) < 4.78 is 0. The van der Waals surface area contributed by atoms with Crippen molar-refractivity contribution >= 4 is 16.8 Å². The van der Waals surface area contributed by atoms with E-state index in [0.29, 0.717) is 0 Å². The van der Waals surface area contributed by atoms with Gasteiger partial charge in [-0.1, -0.05) is 43.8 Å². The van der Waals surface area contributed by atoms with Gasteiger partial charge in [0.2, 0.25) is 0 Å². The first-order valence-electron chi connectivity index (χ1n) is 5.55. The first kappa shape index (κ1) is 10.7. The van der Waals surface area contributed by atoms with Crippen molar-refractivity contribution in [2.75, 3.05) is 0 Å². The van der Waals surface area contributed by atoms with Gasteiger partial charge in [0.15, 0.2) is 0 Å². The molecule has 1 aromatic rings. The Labute approximate surface area is 96.0 Å². The Kier molecular flexibility index (Phi) is 2.87. The Morgan fingerprint density at radius 1 is 1.20 bits per heavy atom. The summed E-state index contributed by atoms with van der Waals surface area (Å²) in [6.45, 7) is 6.57. The third kappa shape index (κ3) is 1.71. The molecule has 15 heavy (non-hydrogen) atoms. The van der Waals surface area contributed by atoms with E-state index in [9.17, 15) is 0 Å². The summed E-state index contributed by atoms with van der Waals surface area (Å²) in [6.07, 6.45) is 2.16. The van der Waals surface area contributed by atoms with E-state index in [0.717, 1.165) is 12.8 Å². The van der Waals surface area contributed by atoms with Crippen LogP contribution < -0.4 is 0 Å². The van der Waals surface area contributed by atoms with Gasteiger partial charge in [-0.15, -0.1) is 0 Å². The molecule has 2 heteroatoms. The van der Waals surface area contributed by atoms with Crippen LogP contribution in [0.2, 0.25) is 0 Å². The Morgan fingerprint density at radius 3 is 2.53 bits per heavy atom. The first-order valence-corrected chi connectivity index (χ1v) is 6.37. The Bertz CT molecular complexity index is 391. The van der Waals surface area contributed by atoms with Gasteiger partial charge in [0.25, 0.3) is 0 Å². The van der Waals surface area contributed by atoms with Crippen molar-refractivity contribution in [3.63, 3.8) is 0 Å². The topological polar surface area (TPSA) is 12.4 Å². The standard InChI is InChI=1S/C13H17NS/c1-4-13(5-2)11-8-6-7-9-12(11)15-10(3)14-13/h6-9H,4-5H2,1-3H3. The lowest BCUT2D eigenvalue weighted by Crippen LogP contribution is -2.26. The first-order chi connectivity index (χ1) is 7.22.